The molecule has 2 fully saturated rings. The van der Waals surface area contributed by atoms with E-state index < -0.39 is 42.2 Å². The van der Waals surface area contributed by atoms with Gasteiger partial charge < -0.3 is 24.1 Å². The lowest BCUT2D eigenvalue weighted by molar-refractivity contribution is -0.146. The molecule has 2 saturated carbocycles. The van der Waals surface area contributed by atoms with Crippen LogP contribution in [0.3, 0.4) is 0 Å². The summed E-state index contributed by atoms with van der Waals surface area (Å²) in [6, 6.07) is 3.25. The number of aromatic nitrogens is 4. The first-order chi connectivity index (χ1) is 20.6. The zero-order valence-corrected chi connectivity index (χ0v) is 24.2. The molecule has 230 valence electrons. The zero-order chi connectivity index (χ0) is 30.7. The van der Waals surface area contributed by atoms with Crippen molar-refractivity contribution in [3.05, 3.63) is 42.2 Å². The van der Waals surface area contributed by atoms with Crippen LogP contribution in [0.4, 0.5) is 25.1 Å². The van der Waals surface area contributed by atoms with E-state index in [1.807, 2.05) is 13.1 Å². The zero-order valence-electron chi connectivity index (χ0n) is 24.2. The minimum absolute atomic E-state index is 0.0809. The molecule has 0 aromatic carbocycles. The minimum atomic E-state index is -2.94. The average Bonchev–Trinajstić information content (AvgIpc) is 3.46. The molecule has 0 saturated heterocycles. The summed E-state index contributed by atoms with van der Waals surface area (Å²) in [7, 11) is 1.96. The number of carbonyl (C=O) groups excluding carboxylic acids is 3. The van der Waals surface area contributed by atoms with Crippen LogP contribution in [-0.4, -0.2) is 57.5 Å². The second-order valence-corrected chi connectivity index (χ2v) is 11.3. The van der Waals surface area contributed by atoms with Crippen molar-refractivity contribution in [2.75, 3.05) is 23.8 Å². The van der Waals surface area contributed by atoms with Gasteiger partial charge in [-0.05, 0) is 70.4 Å². The van der Waals surface area contributed by atoms with Gasteiger partial charge in [-0.2, -0.15) is 5.10 Å². The number of ether oxygens (including phenoxy) is 2. The smallest absolute Gasteiger partial charge is 0.444 e. The fourth-order valence-corrected chi connectivity index (χ4v) is 5.05. The van der Waals surface area contributed by atoms with Gasteiger partial charge in [0.1, 0.15) is 12.1 Å². The maximum atomic E-state index is 13.9. The molecule has 12 nitrogen and oxygen atoms in total. The molecule has 43 heavy (non-hydrogen) atoms. The number of nitrogens with zero attached hydrogens (tertiary/aromatic N) is 5. The highest BCUT2D eigenvalue weighted by Crippen LogP contribution is 2.36. The molecule has 0 spiro atoms. The highest BCUT2D eigenvalue weighted by atomic mass is 19.3. The summed E-state index contributed by atoms with van der Waals surface area (Å²) >= 11 is 0. The molecule has 3 aromatic heterocycles. The van der Waals surface area contributed by atoms with Crippen molar-refractivity contribution in [3.8, 4) is 11.5 Å². The van der Waals surface area contributed by atoms with Crippen LogP contribution in [0.1, 0.15) is 81.0 Å². The Morgan fingerprint density at radius 3 is 2.58 bits per heavy atom. The van der Waals surface area contributed by atoms with Crippen molar-refractivity contribution in [3.63, 3.8) is 0 Å². The van der Waals surface area contributed by atoms with Crippen LogP contribution in [-0.2, 0) is 14.3 Å². The first kappa shape index (κ1) is 30.1. The Morgan fingerprint density at radius 1 is 1.16 bits per heavy atom. The Hall–Kier alpha value is -4.36. The Balaban J connectivity index is 1.21. The van der Waals surface area contributed by atoms with E-state index in [1.54, 1.807) is 26.1 Å². The molecule has 2 aliphatic rings. The molecule has 0 aliphatic heterocycles. The molecular weight excluding hydrogens is 566 g/mol. The van der Waals surface area contributed by atoms with Crippen molar-refractivity contribution in [1.29, 1.82) is 0 Å². The molecule has 3 aromatic rings. The number of rotatable bonds is 10. The third kappa shape index (κ3) is 7.54. The van der Waals surface area contributed by atoms with Gasteiger partial charge in [-0.1, -0.05) is 0 Å². The number of hydrogen-bond acceptors (Lipinski definition) is 10. The van der Waals surface area contributed by atoms with Crippen LogP contribution in [0.5, 0.6) is 0 Å². The summed E-state index contributed by atoms with van der Waals surface area (Å²) < 4.78 is 44.3. The second-order valence-electron chi connectivity index (χ2n) is 11.3. The van der Waals surface area contributed by atoms with Gasteiger partial charge in [-0.25, -0.2) is 23.5 Å². The Kier molecular flexibility index (Phi) is 9.02. The number of hydrogen-bond donors (Lipinski definition) is 1. The van der Waals surface area contributed by atoms with E-state index in [2.05, 4.69) is 25.3 Å². The summed E-state index contributed by atoms with van der Waals surface area (Å²) in [6.45, 7) is 4.18. The number of anilines is 2. The number of esters is 1. The van der Waals surface area contributed by atoms with Crippen LogP contribution in [0.15, 0.2) is 35.2 Å². The lowest BCUT2D eigenvalue weighted by atomic mass is 9.86. The molecule has 0 atom stereocenters. The van der Waals surface area contributed by atoms with Crippen LogP contribution in [0, 0.1) is 11.8 Å². The molecule has 14 heteroatoms. The van der Waals surface area contributed by atoms with Gasteiger partial charge in [0, 0.05) is 31.5 Å². The number of amides is 1. The highest BCUT2D eigenvalue weighted by Gasteiger charge is 2.32. The van der Waals surface area contributed by atoms with E-state index in [0.717, 1.165) is 12.4 Å². The summed E-state index contributed by atoms with van der Waals surface area (Å²) in [5.41, 5.74) is -0.172. The van der Waals surface area contributed by atoms with E-state index in [0.29, 0.717) is 37.2 Å². The number of nitrogens with one attached hydrogen (secondary N) is 1. The van der Waals surface area contributed by atoms with Gasteiger partial charge in [-0.3, -0.25) is 14.3 Å². The lowest BCUT2D eigenvalue weighted by Gasteiger charge is -2.27. The minimum Gasteiger partial charge on any atom is -0.444 e. The largest absolute Gasteiger partial charge is 0.516 e. The van der Waals surface area contributed by atoms with Crippen LogP contribution >= 0.6 is 0 Å². The van der Waals surface area contributed by atoms with Gasteiger partial charge in [0.15, 0.2) is 11.4 Å². The van der Waals surface area contributed by atoms with Crippen molar-refractivity contribution >= 4 is 29.5 Å². The van der Waals surface area contributed by atoms with Gasteiger partial charge in [-0.15, -0.1) is 0 Å². The van der Waals surface area contributed by atoms with Crippen molar-refractivity contribution < 1.29 is 37.1 Å². The third-order valence-corrected chi connectivity index (χ3v) is 7.48. The molecule has 2 aliphatic carbocycles. The quantitative estimate of drug-likeness (QED) is 0.224. The van der Waals surface area contributed by atoms with E-state index >= 15 is 0 Å². The fraction of sp³-hybridized carbons (Fsp3) is 0.517. The van der Waals surface area contributed by atoms with E-state index in [9.17, 15) is 23.2 Å². The van der Waals surface area contributed by atoms with E-state index in [1.165, 1.54) is 30.0 Å². The molecular formula is C29H34F2N6O6. The molecule has 1 amide bonds. The fourth-order valence-electron chi connectivity index (χ4n) is 5.05. The average molecular weight is 601 g/mol. The Labute approximate surface area is 246 Å². The van der Waals surface area contributed by atoms with Crippen molar-refractivity contribution in [2.24, 2.45) is 11.8 Å². The maximum Gasteiger partial charge on any atom is 0.516 e. The topological polar surface area (TPSA) is 142 Å². The van der Waals surface area contributed by atoms with Crippen molar-refractivity contribution in [2.45, 2.75) is 70.9 Å². The Bertz CT molecular complexity index is 1460. The molecule has 5 rings (SSSR count). The molecule has 0 radical (unpaired) electrons. The van der Waals surface area contributed by atoms with E-state index in [-0.39, 0.29) is 23.3 Å². The first-order valence-corrected chi connectivity index (χ1v) is 14.3. The SMILES string of the molecule is CC(C)OC(=O)OC(=O)C1CCC(n2cc(NC(=O)c3coc(-c4ccnc(N(C)CC5CC5)c4)n3)c(C(F)F)n2)CC1. The summed E-state index contributed by atoms with van der Waals surface area (Å²) in [4.78, 5) is 47.6. The molecule has 0 unspecified atom stereocenters. The molecule has 3 heterocycles. The van der Waals surface area contributed by atoms with Crippen molar-refractivity contribution in [1.82, 2.24) is 19.7 Å². The van der Waals surface area contributed by atoms with Gasteiger partial charge in [0.2, 0.25) is 5.89 Å². The predicted molar refractivity (Wildman–Crippen MR) is 150 cm³/mol. The number of oxazole rings is 1. The van der Waals surface area contributed by atoms with Gasteiger partial charge in [0.05, 0.1) is 23.8 Å². The number of carbonyl (C=O) groups is 3. The maximum absolute atomic E-state index is 13.9. The van der Waals surface area contributed by atoms with Crippen LogP contribution in [0.25, 0.3) is 11.5 Å². The summed E-state index contributed by atoms with van der Waals surface area (Å²) in [5.74, 6) is -0.289. The normalized spacial score (nSPS) is 18.5. The Morgan fingerprint density at radius 2 is 1.91 bits per heavy atom. The third-order valence-electron chi connectivity index (χ3n) is 7.48. The highest BCUT2D eigenvalue weighted by molar-refractivity contribution is 6.03. The van der Waals surface area contributed by atoms with Crippen LogP contribution in [0.2, 0.25) is 0 Å². The van der Waals surface area contributed by atoms with Crippen LogP contribution < -0.4 is 10.2 Å². The number of pyridine rings is 1. The van der Waals surface area contributed by atoms with Gasteiger partial charge >= 0.3 is 12.1 Å². The van der Waals surface area contributed by atoms with E-state index in [4.69, 9.17) is 13.9 Å². The lowest BCUT2D eigenvalue weighted by Crippen LogP contribution is -2.28. The predicted octanol–water partition coefficient (Wildman–Crippen LogP) is 5.79. The molecule has 0 bridgehead atoms. The van der Waals surface area contributed by atoms with Gasteiger partial charge in [0.25, 0.3) is 12.3 Å². The molecule has 1 N–H and O–H groups in total. The monoisotopic (exact) mass is 600 g/mol. The standard InChI is InChI=1S/C29H34F2N6O6/c1-16(2)42-29(40)43-28(39)18-6-8-20(9-7-18)37-14-21(24(35-37)25(30)31)33-26(38)22-15-41-27(34-22)19-10-11-32-23(12-19)36(3)13-17-4-5-17/h10-12,14-18,20,25H,4-9,13H2,1-3H3,(H,33,38). The second kappa shape index (κ2) is 12.9. The first-order valence-electron chi connectivity index (χ1n) is 14.3. The number of halogens is 2. The number of alkyl halides is 2. The summed E-state index contributed by atoms with van der Waals surface area (Å²) in [6.07, 6.45) is 3.81. The summed E-state index contributed by atoms with van der Waals surface area (Å²) in [5, 5.41) is 6.52.